The number of nitrogens with one attached hydrogen (secondary N) is 1. The van der Waals surface area contributed by atoms with E-state index in [9.17, 15) is 24.0 Å². The van der Waals surface area contributed by atoms with Gasteiger partial charge >= 0.3 is 0 Å². The van der Waals surface area contributed by atoms with E-state index in [0.29, 0.717) is 6.41 Å². The highest BCUT2D eigenvalue weighted by atomic mass is 16.2. The van der Waals surface area contributed by atoms with Crippen molar-refractivity contribution in [2.24, 2.45) is 0 Å². The molecule has 0 radical (unpaired) electrons. The molecule has 11 heteroatoms. The molecular weight excluding hydrogens is 344 g/mol. The van der Waals surface area contributed by atoms with Gasteiger partial charge in [-0.25, -0.2) is 0 Å². The summed E-state index contributed by atoms with van der Waals surface area (Å²) in [5.74, 6) is -1.26. The fourth-order valence-electron chi connectivity index (χ4n) is 4.46. The first kappa shape index (κ1) is 16.5. The molecule has 6 bridgehead atoms. The van der Waals surface area contributed by atoms with Crippen LogP contribution in [-0.2, 0) is 24.0 Å². The Morgan fingerprint density at radius 1 is 0.731 bits per heavy atom. The van der Waals surface area contributed by atoms with Gasteiger partial charge in [-0.1, -0.05) is 0 Å². The predicted molar refractivity (Wildman–Crippen MR) is 83.3 cm³/mol. The lowest BCUT2D eigenvalue weighted by Gasteiger charge is -2.47. The summed E-state index contributed by atoms with van der Waals surface area (Å²) in [6, 6.07) is 0. The van der Waals surface area contributed by atoms with Crippen LogP contribution in [0.25, 0.3) is 0 Å². The Balaban J connectivity index is 2.10. The van der Waals surface area contributed by atoms with Gasteiger partial charge in [0.2, 0.25) is 30.0 Å². The Morgan fingerprint density at radius 2 is 1.08 bits per heavy atom. The lowest BCUT2D eigenvalue weighted by atomic mass is 10.1. The van der Waals surface area contributed by atoms with Gasteiger partial charge in [0, 0.05) is 27.7 Å². The quantitative estimate of drug-likeness (QED) is 0.535. The van der Waals surface area contributed by atoms with Crippen molar-refractivity contribution in [3.63, 3.8) is 0 Å². The molecule has 3 saturated heterocycles. The fraction of sp³-hybridized carbons (Fsp3) is 0.533. The standard InChI is InChI=1S/C15H18N6O5/c1-6(23)18-10-12-17(5-22)13-11(16-10)19(7(2)24)15(21(13)9(4)26)14(18)20(12)8(3)25/h5,10-13,16H,1-4H3. The van der Waals surface area contributed by atoms with Crippen LogP contribution in [0.4, 0.5) is 0 Å². The number of carbonyl (C=O) groups excluding carboxylic acids is 5. The van der Waals surface area contributed by atoms with Gasteiger partial charge in [-0.15, -0.1) is 0 Å². The Labute approximate surface area is 148 Å². The summed E-state index contributed by atoms with van der Waals surface area (Å²) < 4.78 is 0. The summed E-state index contributed by atoms with van der Waals surface area (Å²) in [6.07, 6.45) is -2.44. The zero-order valence-electron chi connectivity index (χ0n) is 14.7. The van der Waals surface area contributed by atoms with Crippen LogP contribution in [0.1, 0.15) is 27.7 Å². The van der Waals surface area contributed by atoms with Crippen LogP contribution in [0.2, 0.25) is 0 Å². The summed E-state index contributed by atoms with van der Waals surface area (Å²) in [5, 5.41) is 3.18. The molecule has 5 aliphatic heterocycles. The molecule has 0 saturated carbocycles. The van der Waals surface area contributed by atoms with Gasteiger partial charge in [-0.2, -0.15) is 0 Å². The molecule has 5 rings (SSSR count). The molecule has 0 aromatic heterocycles. The predicted octanol–water partition coefficient (Wildman–Crippen LogP) is -2.09. The van der Waals surface area contributed by atoms with E-state index >= 15 is 0 Å². The first-order valence-corrected chi connectivity index (χ1v) is 8.14. The smallest absolute Gasteiger partial charge is 0.226 e. The second-order valence-corrected chi connectivity index (χ2v) is 6.64. The van der Waals surface area contributed by atoms with E-state index < -0.39 is 36.5 Å². The number of carbonyl (C=O) groups is 5. The Bertz CT molecular complexity index is 748. The van der Waals surface area contributed by atoms with E-state index in [1.165, 1.54) is 52.2 Å². The third-order valence-electron chi connectivity index (χ3n) is 5.19. The zero-order chi connectivity index (χ0) is 19.1. The van der Waals surface area contributed by atoms with Crippen LogP contribution in [-0.4, -0.2) is 79.2 Å². The van der Waals surface area contributed by atoms with E-state index in [-0.39, 0.29) is 23.5 Å². The van der Waals surface area contributed by atoms with Crippen molar-refractivity contribution in [1.29, 1.82) is 0 Å². The number of piperazine rings is 1. The van der Waals surface area contributed by atoms with Crippen molar-refractivity contribution in [1.82, 2.24) is 29.8 Å². The highest BCUT2D eigenvalue weighted by Crippen LogP contribution is 2.48. The second-order valence-electron chi connectivity index (χ2n) is 6.64. The van der Waals surface area contributed by atoms with Gasteiger partial charge in [0.05, 0.1) is 0 Å². The van der Waals surface area contributed by atoms with Crippen molar-refractivity contribution in [2.45, 2.75) is 52.4 Å². The summed E-state index contributed by atoms with van der Waals surface area (Å²) in [7, 11) is 0. The molecule has 0 spiro atoms. The highest BCUT2D eigenvalue weighted by molar-refractivity contribution is 5.87. The molecule has 4 unspecified atom stereocenters. The average Bonchev–Trinajstić information content (AvgIpc) is 2.95. The van der Waals surface area contributed by atoms with E-state index in [1.54, 1.807) is 0 Å². The van der Waals surface area contributed by atoms with Crippen LogP contribution in [0.3, 0.4) is 0 Å². The number of rotatable bonds is 1. The topological polar surface area (TPSA) is 114 Å². The Morgan fingerprint density at radius 3 is 1.35 bits per heavy atom. The minimum absolute atomic E-state index is 0.146. The minimum Gasteiger partial charge on any atom is -0.296 e. The summed E-state index contributed by atoms with van der Waals surface area (Å²) >= 11 is 0. The van der Waals surface area contributed by atoms with Crippen LogP contribution in [0.15, 0.2) is 11.6 Å². The van der Waals surface area contributed by atoms with E-state index in [4.69, 9.17) is 0 Å². The molecule has 26 heavy (non-hydrogen) atoms. The Kier molecular flexibility index (Phi) is 3.20. The summed E-state index contributed by atoms with van der Waals surface area (Å²) in [4.78, 5) is 68.1. The third-order valence-corrected chi connectivity index (χ3v) is 5.19. The molecule has 3 fully saturated rings. The molecule has 138 valence electrons. The van der Waals surface area contributed by atoms with Gasteiger partial charge in [-0.05, 0) is 0 Å². The molecule has 11 nitrogen and oxygen atoms in total. The molecule has 4 atom stereocenters. The maximum Gasteiger partial charge on any atom is 0.226 e. The van der Waals surface area contributed by atoms with Gasteiger partial charge in [-0.3, -0.25) is 53.8 Å². The van der Waals surface area contributed by atoms with Crippen LogP contribution in [0.5, 0.6) is 0 Å². The first-order chi connectivity index (χ1) is 12.2. The van der Waals surface area contributed by atoms with Gasteiger partial charge in [0.1, 0.15) is 24.7 Å². The van der Waals surface area contributed by atoms with Crippen LogP contribution < -0.4 is 5.32 Å². The summed E-state index contributed by atoms with van der Waals surface area (Å²) in [5.41, 5.74) is 0. The van der Waals surface area contributed by atoms with Crippen molar-refractivity contribution in [3.8, 4) is 0 Å². The normalized spacial score (nSPS) is 31.2. The van der Waals surface area contributed by atoms with Crippen molar-refractivity contribution >= 4 is 30.0 Å². The van der Waals surface area contributed by atoms with E-state index in [2.05, 4.69) is 5.32 Å². The SMILES string of the molecule is CC(=O)N1C2=C3N(C(C)=O)C4NC1C(N2C(C)=O)N(C=O)C4N3C(C)=O. The molecule has 5 aliphatic rings. The highest BCUT2D eigenvalue weighted by Gasteiger charge is 2.67. The van der Waals surface area contributed by atoms with Crippen molar-refractivity contribution in [2.75, 3.05) is 0 Å². The average molecular weight is 362 g/mol. The molecular formula is C15H18N6O5. The molecule has 0 aliphatic carbocycles. The second kappa shape index (κ2) is 5.04. The number of nitrogens with zero attached hydrogens (tertiary/aromatic N) is 5. The van der Waals surface area contributed by atoms with Crippen LogP contribution in [0, 0.1) is 0 Å². The van der Waals surface area contributed by atoms with Gasteiger partial charge in [0.15, 0.2) is 11.6 Å². The number of amides is 5. The maximum absolute atomic E-state index is 12.4. The first-order valence-electron chi connectivity index (χ1n) is 8.14. The third kappa shape index (κ3) is 1.68. The number of hydrogen-bond acceptors (Lipinski definition) is 6. The maximum atomic E-state index is 12.4. The van der Waals surface area contributed by atoms with Gasteiger partial charge < -0.3 is 0 Å². The molecule has 5 heterocycles. The van der Waals surface area contributed by atoms with E-state index in [0.717, 1.165) is 0 Å². The lowest BCUT2D eigenvalue weighted by molar-refractivity contribution is -0.154. The Hall–Kier alpha value is -2.95. The molecule has 0 aromatic carbocycles. The molecule has 1 N–H and O–H groups in total. The zero-order valence-corrected chi connectivity index (χ0v) is 14.7. The lowest BCUT2D eigenvalue weighted by Crippen LogP contribution is -2.73. The molecule has 5 amide bonds. The van der Waals surface area contributed by atoms with E-state index in [1.807, 2.05) is 0 Å². The summed E-state index contributed by atoms with van der Waals surface area (Å²) in [6.45, 7) is 5.28. The van der Waals surface area contributed by atoms with Crippen molar-refractivity contribution in [3.05, 3.63) is 11.6 Å². The number of hydrogen-bond donors (Lipinski definition) is 1. The monoisotopic (exact) mass is 362 g/mol. The van der Waals surface area contributed by atoms with Crippen molar-refractivity contribution < 1.29 is 24.0 Å². The van der Waals surface area contributed by atoms with Crippen LogP contribution >= 0.6 is 0 Å². The largest absolute Gasteiger partial charge is 0.296 e. The minimum atomic E-state index is -0.793. The molecule has 0 aromatic rings. The van der Waals surface area contributed by atoms with Gasteiger partial charge in [0.25, 0.3) is 0 Å². The fourth-order valence-corrected chi connectivity index (χ4v) is 4.46.